The number of carbonyl (C=O) groups excluding carboxylic acids is 1. The Morgan fingerprint density at radius 3 is 2.19 bits per heavy atom. The Hall–Kier alpha value is -3.50. The first-order valence-electron chi connectivity index (χ1n) is 12.2. The fourth-order valence-corrected chi connectivity index (χ4v) is 4.57. The van der Waals surface area contributed by atoms with Crippen LogP contribution in [0.25, 0.3) is 22.5 Å². The molecule has 5 N–H and O–H groups in total. The molecule has 0 saturated carbocycles. The number of ether oxygens (including phenoxy) is 2. The first kappa shape index (κ1) is 28.1. The monoisotopic (exact) mass is 526 g/mol. The number of hydrogen-bond donors (Lipinski definition) is 4. The molecule has 0 radical (unpaired) electrons. The third-order valence-electron chi connectivity index (χ3n) is 5.79. The molecule has 37 heavy (non-hydrogen) atoms. The summed E-state index contributed by atoms with van der Waals surface area (Å²) in [5.41, 5.74) is 9.08. The van der Waals surface area contributed by atoms with E-state index in [0.717, 1.165) is 45.6 Å². The number of aromatic nitrogens is 2. The summed E-state index contributed by atoms with van der Waals surface area (Å²) in [5.74, 6) is 0.899. The summed E-state index contributed by atoms with van der Waals surface area (Å²) in [6, 6.07) is 14.6. The Morgan fingerprint density at radius 2 is 1.62 bits per heavy atom. The van der Waals surface area contributed by atoms with E-state index in [4.69, 9.17) is 20.2 Å². The van der Waals surface area contributed by atoms with Gasteiger partial charge in [-0.1, -0.05) is 11.8 Å². The minimum absolute atomic E-state index is 0.241. The van der Waals surface area contributed by atoms with E-state index in [0.29, 0.717) is 31.6 Å². The van der Waals surface area contributed by atoms with E-state index in [1.807, 2.05) is 48.5 Å². The number of methoxy groups -OCH3 is 2. The summed E-state index contributed by atoms with van der Waals surface area (Å²) in [6.07, 6.45) is 2.60. The predicted molar refractivity (Wildman–Crippen MR) is 145 cm³/mol. The molecule has 0 saturated heterocycles. The Morgan fingerprint density at radius 1 is 1.00 bits per heavy atom. The van der Waals surface area contributed by atoms with Crippen molar-refractivity contribution in [1.29, 1.82) is 0 Å². The zero-order valence-corrected chi connectivity index (χ0v) is 22.0. The summed E-state index contributed by atoms with van der Waals surface area (Å²) in [5, 5.41) is 12.7. The van der Waals surface area contributed by atoms with Crippen molar-refractivity contribution in [2.24, 2.45) is 5.73 Å². The van der Waals surface area contributed by atoms with Crippen LogP contribution in [0.3, 0.4) is 0 Å². The normalized spacial score (nSPS) is 11.6. The molecule has 3 rings (SSSR count). The fourth-order valence-electron chi connectivity index (χ4n) is 3.76. The molecule has 3 aromatic rings. The number of hydrogen-bond acceptors (Lipinski definition) is 7. The lowest BCUT2D eigenvalue weighted by Crippen LogP contribution is -2.40. The SMILES string of the molecule is COc1ccc(-c2nc(SCCCC(=O)N[C@@H](CCCCN)C(=O)O)[nH]c2-c2ccc(OC)cc2)cc1. The number of benzene rings is 2. The number of nitrogens with two attached hydrogens (primary N) is 1. The number of rotatable bonds is 15. The quantitative estimate of drug-likeness (QED) is 0.169. The molecule has 9 nitrogen and oxygen atoms in total. The maximum atomic E-state index is 12.3. The molecule has 0 unspecified atom stereocenters. The van der Waals surface area contributed by atoms with Gasteiger partial charge in [0.25, 0.3) is 0 Å². The lowest BCUT2D eigenvalue weighted by atomic mass is 10.0. The number of carbonyl (C=O) groups is 2. The molecule has 0 spiro atoms. The standard InChI is InChI=1S/C27H34N4O5S/c1-35-20-12-8-18(9-13-20)24-25(19-10-14-21(36-2)15-11-19)31-27(30-24)37-17-5-7-23(32)29-22(26(33)34)6-3-4-16-28/h8-15,22H,3-7,16-17,28H2,1-2H3,(H,29,32)(H,30,31)(H,33,34)/t22-/m0/s1. The van der Waals surface area contributed by atoms with Crippen molar-refractivity contribution in [3.8, 4) is 34.0 Å². The van der Waals surface area contributed by atoms with Gasteiger partial charge in [0, 0.05) is 23.3 Å². The first-order chi connectivity index (χ1) is 17.9. The van der Waals surface area contributed by atoms with Crippen molar-refractivity contribution in [3.63, 3.8) is 0 Å². The van der Waals surface area contributed by atoms with Crippen molar-refractivity contribution in [2.45, 2.75) is 43.3 Å². The van der Waals surface area contributed by atoms with Gasteiger partial charge in [0.15, 0.2) is 5.16 Å². The molecule has 0 aliphatic carbocycles. The number of aromatic amines is 1. The minimum atomic E-state index is -1.02. The molecule has 198 valence electrons. The number of aliphatic carboxylic acids is 1. The second-order valence-corrected chi connectivity index (χ2v) is 9.50. The van der Waals surface area contributed by atoms with E-state index in [1.165, 1.54) is 11.8 Å². The van der Waals surface area contributed by atoms with E-state index >= 15 is 0 Å². The number of nitrogens with one attached hydrogen (secondary N) is 2. The predicted octanol–water partition coefficient (Wildman–Crippen LogP) is 4.33. The summed E-state index contributed by atoms with van der Waals surface area (Å²) < 4.78 is 10.6. The van der Waals surface area contributed by atoms with Gasteiger partial charge < -0.3 is 30.6 Å². The van der Waals surface area contributed by atoms with Gasteiger partial charge in [0.05, 0.1) is 25.6 Å². The number of amides is 1. The van der Waals surface area contributed by atoms with Crippen LogP contribution in [0, 0.1) is 0 Å². The Labute approximate surface area is 221 Å². The summed E-state index contributed by atoms with van der Waals surface area (Å²) in [6.45, 7) is 0.505. The molecular formula is C27H34N4O5S. The molecule has 0 bridgehead atoms. The van der Waals surface area contributed by atoms with Crippen molar-refractivity contribution in [1.82, 2.24) is 15.3 Å². The Kier molecular flexibility index (Phi) is 10.8. The van der Waals surface area contributed by atoms with E-state index in [2.05, 4.69) is 10.3 Å². The number of H-pyrrole nitrogens is 1. The lowest BCUT2D eigenvalue weighted by molar-refractivity contribution is -0.142. The second kappa shape index (κ2) is 14.3. The minimum Gasteiger partial charge on any atom is -0.497 e. The lowest BCUT2D eigenvalue weighted by Gasteiger charge is -2.14. The Bertz CT molecular complexity index is 1080. The second-order valence-electron chi connectivity index (χ2n) is 8.42. The maximum Gasteiger partial charge on any atom is 0.326 e. The zero-order valence-electron chi connectivity index (χ0n) is 21.2. The van der Waals surface area contributed by atoms with Gasteiger partial charge in [-0.3, -0.25) is 4.79 Å². The van der Waals surface area contributed by atoms with E-state index < -0.39 is 12.0 Å². The van der Waals surface area contributed by atoms with E-state index in [1.54, 1.807) is 14.2 Å². The van der Waals surface area contributed by atoms with Crippen molar-refractivity contribution >= 4 is 23.6 Å². The molecule has 10 heteroatoms. The van der Waals surface area contributed by atoms with Crippen LogP contribution in [0.4, 0.5) is 0 Å². The Balaban J connectivity index is 1.64. The van der Waals surface area contributed by atoms with Crippen LogP contribution in [-0.4, -0.2) is 59.5 Å². The van der Waals surface area contributed by atoms with Gasteiger partial charge in [-0.25, -0.2) is 9.78 Å². The van der Waals surface area contributed by atoms with Crippen LogP contribution in [-0.2, 0) is 9.59 Å². The largest absolute Gasteiger partial charge is 0.497 e. The number of unbranched alkanes of at least 4 members (excludes halogenated alkanes) is 1. The molecule has 1 aromatic heterocycles. The zero-order chi connectivity index (χ0) is 26.6. The highest BCUT2D eigenvalue weighted by Gasteiger charge is 2.19. The summed E-state index contributed by atoms with van der Waals surface area (Å²) in [4.78, 5) is 31.9. The fraction of sp³-hybridized carbons (Fsp3) is 0.370. The van der Waals surface area contributed by atoms with Crippen LogP contribution in [0.5, 0.6) is 11.5 Å². The number of thioether (sulfide) groups is 1. The van der Waals surface area contributed by atoms with Gasteiger partial charge in [-0.2, -0.15) is 0 Å². The highest BCUT2D eigenvalue weighted by molar-refractivity contribution is 7.99. The van der Waals surface area contributed by atoms with Gasteiger partial charge in [0.1, 0.15) is 17.5 Å². The van der Waals surface area contributed by atoms with Gasteiger partial charge in [-0.05, 0) is 80.8 Å². The van der Waals surface area contributed by atoms with Gasteiger partial charge in [-0.15, -0.1) is 0 Å². The van der Waals surface area contributed by atoms with Crippen molar-refractivity contribution < 1.29 is 24.2 Å². The van der Waals surface area contributed by atoms with Crippen LogP contribution in [0.15, 0.2) is 53.7 Å². The third kappa shape index (κ3) is 8.26. The number of carboxylic acids is 1. The number of nitrogens with zero attached hydrogens (tertiary/aromatic N) is 1. The smallest absolute Gasteiger partial charge is 0.326 e. The maximum absolute atomic E-state index is 12.3. The first-order valence-corrected chi connectivity index (χ1v) is 13.2. The molecule has 0 aliphatic heterocycles. The molecule has 0 aliphatic rings. The molecule has 2 aromatic carbocycles. The highest BCUT2D eigenvalue weighted by Crippen LogP contribution is 2.34. The average Bonchev–Trinajstić information content (AvgIpc) is 3.35. The molecule has 0 fully saturated rings. The van der Waals surface area contributed by atoms with Crippen molar-refractivity contribution in [3.05, 3.63) is 48.5 Å². The van der Waals surface area contributed by atoms with Crippen LogP contribution in [0.1, 0.15) is 32.1 Å². The van der Waals surface area contributed by atoms with Crippen LogP contribution in [0.2, 0.25) is 0 Å². The molecule has 1 heterocycles. The summed E-state index contributed by atoms with van der Waals surface area (Å²) in [7, 11) is 3.26. The third-order valence-corrected chi connectivity index (χ3v) is 6.75. The van der Waals surface area contributed by atoms with Crippen LogP contribution < -0.4 is 20.5 Å². The number of carboxylic acid groups (broad SMARTS) is 1. The van der Waals surface area contributed by atoms with E-state index in [9.17, 15) is 14.7 Å². The van der Waals surface area contributed by atoms with E-state index in [-0.39, 0.29) is 12.3 Å². The average molecular weight is 527 g/mol. The summed E-state index contributed by atoms with van der Waals surface area (Å²) >= 11 is 1.52. The van der Waals surface area contributed by atoms with Crippen molar-refractivity contribution in [2.75, 3.05) is 26.5 Å². The topological polar surface area (TPSA) is 140 Å². The van der Waals surface area contributed by atoms with Gasteiger partial charge in [0.2, 0.25) is 5.91 Å². The van der Waals surface area contributed by atoms with Crippen LogP contribution >= 0.6 is 11.8 Å². The number of imidazole rings is 1. The molecule has 1 amide bonds. The molecule has 1 atom stereocenters. The van der Waals surface area contributed by atoms with Gasteiger partial charge >= 0.3 is 5.97 Å². The highest BCUT2D eigenvalue weighted by atomic mass is 32.2. The molecular weight excluding hydrogens is 492 g/mol.